The van der Waals surface area contributed by atoms with E-state index < -0.39 is 0 Å². The third-order valence-corrected chi connectivity index (χ3v) is 5.38. The maximum atomic E-state index is 6.30. The molecule has 1 unspecified atom stereocenters. The van der Waals surface area contributed by atoms with E-state index in [4.69, 9.17) is 10.5 Å². The van der Waals surface area contributed by atoms with Crippen molar-refractivity contribution in [3.63, 3.8) is 0 Å². The first-order valence-electron chi connectivity index (χ1n) is 6.00. The van der Waals surface area contributed by atoms with E-state index in [0.29, 0.717) is 0 Å². The molecule has 0 radical (unpaired) electrons. The third kappa shape index (κ3) is 2.23. The van der Waals surface area contributed by atoms with Gasteiger partial charge in [-0.2, -0.15) is 11.8 Å². The number of fused-ring (bicyclic) bond motifs is 1. The van der Waals surface area contributed by atoms with E-state index in [-0.39, 0.29) is 11.6 Å². The van der Waals surface area contributed by atoms with Crippen molar-refractivity contribution in [1.82, 2.24) is 0 Å². The van der Waals surface area contributed by atoms with Gasteiger partial charge in [-0.05, 0) is 30.7 Å². The van der Waals surface area contributed by atoms with Crippen LogP contribution in [0.15, 0.2) is 22.7 Å². The summed E-state index contributed by atoms with van der Waals surface area (Å²) >= 11 is 5.49. The number of benzene rings is 1. The molecule has 0 amide bonds. The molecular formula is C13H16BrNOS. The van der Waals surface area contributed by atoms with E-state index in [0.717, 1.165) is 34.4 Å². The Morgan fingerprint density at radius 2 is 2.35 bits per heavy atom. The molecule has 1 saturated heterocycles. The Morgan fingerprint density at radius 1 is 1.47 bits per heavy atom. The molecule has 2 nitrogen and oxygen atoms in total. The maximum Gasteiger partial charge on any atom is 0.126 e. The lowest BCUT2D eigenvalue weighted by Gasteiger charge is -2.43. The van der Waals surface area contributed by atoms with Crippen LogP contribution in [0.25, 0.3) is 0 Å². The fraction of sp³-hybridized carbons (Fsp3) is 0.538. The average molecular weight is 314 g/mol. The Kier molecular flexibility index (Phi) is 3.13. The Morgan fingerprint density at radius 3 is 3.12 bits per heavy atom. The molecule has 2 atom stereocenters. The zero-order chi connectivity index (χ0) is 11.9. The van der Waals surface area contributed by atoms with Crippen LogP contribution in [0.5, 0.6) is 5.75 Å². The van der Waals surface area contributed by atoms with Crippen molar-refractivity contribution in [2.75, 3.05) is 11.5 Å². The van der Waals surface area contributed by atoms with E-state index in [9.17, 15) is 0 Å². The molecular weight excluding hydrogens is 298 g/mol. The van der Waals surface area contributed by atoms with Gasteiger partial charge in [-0.1, -0.05) is 22.0 Å². The van der Waals surface area contributed by atoms with Gasteiger partial charge in [0.2, 0.25) is 0 Å². The van der Waals surface area contributed by atoms with Crippen LogP contribution in [0, 0.1) is 0 Å². The Balaban J connectivity index is 1.95. The van der Waals surface area contributed by atoms with E-state index in [1.54, 1.807) is 0 Å². The number of ether oxygens (including phenoxy) is 1. The van der Waals surface area contributed by atoms with E-state index in [1.807, 2.05) is 17.8 Å². The van der Waals surface area contributed by atoms with Crippen molar-refractivity contribution in [2.45, 2.75) is 30.9 Å². The van der Waals surface area contributed by atoms with Crippen LogP contribution in [0.3, 0.4) is 0 Å². The second-order valence-corrected chi connectivity index (χ2v) is 6.95. The molecule has 1 spiro atoms. The summed E-state index contributed by atoms with van der Waals surface area (Å²) in [6.45, 7) is 0. The molecule has 2 heterocycles. The van der Waals surface area contributed by atoms with Crippen LogP contribution in [0.1, 0.15) is 30.9 Å². The summed E-state index contributed by atoms with van der Waals surface area (Å²) in [4.78, 5) is 0. The largest absolute Gasteiger partial charge is 0.486 e. The summed E-state index contributed by atoms with van der Waals surface area (Å²) in [6.07, 6.45) is 3.33. The summed E-state index contributed by atoms with van der Waals surface area (Å²) in [5.74, 6) is 3.30. The summed E-state index contributed by atoms with van der Waals surface area (Å²) < 4.78 is 7.34. The molecule has 2 aliphatic heterocycles. The van der Waals surface area contributed by atoms with Crippen LogP contribution >= 0.6 is 27.7 Å². The minimum atomic E-state index is -0.0177. The van der Waals surface area contributed by atoms with Crippen LogP contribution in [-0.4, -0.2) is 17.1 Å². The monoisotopic (exact) mass is 313 g/mol. The second kappa shape index (κ2) is 4.48. The summed E-state index contributed by atoms with van der Waals surface area (Å²) in [6, 6.07) is 6.28. The van der Waals surface area contributed by atoms with Gasteiger partial charge in [0.05, 0.1) is 0 Å². The van der Waals surface area contributed by atoms with Crippen molar-refractivity contribution in [2.24, 2.45) is 5.73 Å². The second-order valence-electron chi connectivity index (χ2n) is 4.93. The smallest absolute Gasteiger partial charge is 0.126 e. The number of hydrogen-bond donors (Lipinski definition) is 1. The summed E-state index contributed by atoms with van der Waals surface area (Å²) in [5.41, 5.74) is 7.43. The molecule has 0 aromatic heterocycles. The molecule has 4 heteroatoms. The molecule has 1 fully saturated rings. The molecule has 3 rings (SSSR count). The highest BCUT2D eigenvalue weighted by atomic mass is 79.9. The summed E-state index contributed by atoms with van der Waals surface area (Å²) in [5, 5.41) is 0. The first-order chi connectivity index (χ1) is 8.19. The lowest BCUT2D eigenvalue weighted by atomic mass is 9.85. The van der Waals surface area contributed by atoms with Crippen LogP contribution in [-0.2, 0) is 0 Å². The van der Waals surface area contributed by atoms with Crippen molar-refractivity contribution in [1.29, 1.82) is 0 Å². The van der Waals surface area contributed by atoms with Crippen molar-refractivity contribution >= 4 is 27.7 Å². The summed E-state index contributed by atoms with van der Waals surface area (Å²) in [7, 11) is 0. The molecule has 17 heavy (non-hydrogen) atoms. The third-order valence-electron chi connectivity index (χ3n) is 3.58. The number of hydrogen-bond acceptors (Lipinski definition) is 3. The molecule has 0 aliphatic carbocycles. The number of thioether (sulfide) groups is 1. The predicted octanol–water partition coefficient (Wildman–Crippen LogP) is 3.50. The fourth-order valence-electron chi connectivity index (χ4n) is 2.76. The van der Waals surface area contributed by atoms with Crippen molar-refractivity contribution in [3.05, 3.63) is 28.2 Å². The number of nitrogens with two attached hydrogens (primary N) is 1. The zero-order valence-corrected chi connectivity index (χ0v) is 12.0. The SMILES string of the molecule is N[C@H]1CC2(CCCSC2)Oc2cc(Br)ccc21. The van der Waals surface area contributed by atoms with Gasteiger partial charge in [0.1, 0.15) is 11.4 Å². The van der Waals surface area contributed by atoms with E-state index >= 15 is 0 Å². The van der Waals surface area contributed by atoms with Crippen LogP contribution < -0.4 is 10.5 Å². The minimum Gasteiger partial charge on any atom is -0.486 e. The predicted molar refractivity (Wildman–Crippen MR) is 75.6 cm³/mol. The van der Waals surface area contributed by atoms with Gasteiger partial charge in [-0.25, -0.2) is 0 Å². The first-order valence-corrected chi connectivity index (χ1v) is 7.95. The topological polar surface area (TPSA) is 35.2 Å². The highest BCUT2D eigenvalue weighted by Crippen LogP contribution is 2.44. The standard InChI is InChI=1S/C13H16BrNOS/c14-9-2-3-10-11(15)7-13(16-12(10)6-9)4-1-5-17-8-13/h2-3,6,11H,1,4-5,7-8,15H2/t11-,13?/m0/s1. The maximum absolute atomic E-state index is 6.30. The zero-order valence-electron chi connectivity index (χ0n) is 9.62. The van der Waals surface area contributed by atoms with Gasteiger partial charge in [-0.3, -0.25) is 0 Å². The minimum absolute atomic E-state index is 0.0177. The number of halogens is 1. The Hall–Kier alpha value is -0.190. The average Bonchev–Trinajstić information content (AvgIpc) is 2.29. The normalized spacial score (nSPS) is 32.0. The first kappa shape index (κ1) is 11.9. The lowest BCUT2D eigenvalue weighted by Crippen LogP contribution is -2.46. The van der Waals surface area contributed by atoms with Crippen molar-refractivity contribution in [3.8, 4) is 5.75 Å². The highest BCUT2D eigenvalue weighted by Gasteiger charge is 2.41. The Bertz CT molecular complexity index is 431. The molecule has 1 aromatic rings. The lowest BCUT2D eigenvalue weighted by molar-refractivity contribution is 0.0471. The Labute approximate surface area is 114 Å². The van der Waals surface area contributed by atoms with Gasteiger partial charge in [0, 0.05) is 28.3 Å². The van der Waals surface area contributed by atoms with Crippen LogP contribution in [0.2, 0.25) is 0 Å². The molecule has 2 N–H and O–H groups in total. The van der Waals surface area contributed by atoms with Gasteiger partial charge in [-0.15, -0.1) is 0 Å². The van der Waals surface area contributed by atoms with E-state index in [2.05, 4.69) is 28.1 Å². The van der Waals surface area contributed by atoms with Crippen LogP contribution in [0.4, 0.5) is 0 Å². The van der Waals surface area contributed by atoms with Gasteiger partial charge in [0.25, 0.3) is 0 Å². The number of rotatable bonds is 0. The molecule has 92 valence electrons. The van der Waals surface area contributed by atoms with Gasteiger partial charge < -0.3 is 10.5 Å². The molecule has 1 aromatic carbocycles. The quantitative estimate of drug-likeness (QED) is 0.796. The van der Waals surface area contributed by atoms with Gasteiger partial charge >= 0.3 is 0 Å². The van der Waals surface area contributed by atoms with E-state index in [1.165, 1.54) is 12.2 Å². The molecule has 0 bridgehead atoms. The van der Waals surface area contributed by atoms with Gasteiger partial charge in [0.15, 0.2) is 0 Å². The molecule has 2 aliphatic rings. The van der Waals surface area contributed by atoms with Crippen molar-refractivity contribution < 1.29 is 4.74 Å². The fourth-order valence-corrected chi connectivity index (χ4v) is 4.28. The molecule has 0 saturated carbocycles. The highest BCUT2D eigenvalue weighted by molar-refractivity contribution is 9.10.